The molecule has 0 bridgehead atoms. The van der Waals surface area contributed by atoms with E-state index in [1.54, 1.807) is 35.1 Å². The van der Waals surface area contributed by atoms with Crippen molar-refractivity contribution in [2.24, 2.45) is 7.05 Å². The van der Waals surface area contributed by atoms with Gasteiger partial charge in [-0.25, -0.2) is 5.10 Å². The van der Waals surface area contributed by atoms with Gasteiger partial charge in [0.2, 0.25) is 0 Å². The second-order valence-corrected chi connectivity index (χ2v) is 4.61. The van der Waals surface area contributed by atoms with Crippen molar-refractivity contribution in [2.45, 2.75) is 6.54 Å². The molecule has 0 unspecified atom stereocenters. The van der Waals surface area contributed by atoms with Gasteiger partial charge in [0.05, 0.1) is 17.6 Å². The van der Waals surface area contributed by atoms with E-state index < -0.39 is 0 Å². The SMILES string of the molecule is Cn1ccc(CNC(=O)c2n[nH]c(=O)c3ccccc23)n1. The molecule has 2 aromatic heterocycles. The predicted octanol–water partition coefficient (Wildman–Crippen LogP) is 0.587. The molecule has 0 radical (unpaired) electrons. The lowest BCUT2D eigenvalue weighted by atomic mass is 10.1. The van der Waals surface area contributed by atoms with Gasteiger partial charge in [-0.2, -0.15) is 10.2 Å². The van der Waals surface area contributed by atoms with Crippen molar-refractivity contribution in [2.75, 3.05) is 0 Å². The van der Waals surface area contributed by atoms with Crippen LogP contribution in [0.15, 0.2) is 41.3 Å². The van der Waals surface area contributed by atoms with Crippen molar-refractivity contribution in [1.29, 1.82) is 0 Å². The summed E-state index contributed by atoms with van der Waals surface area (Å²) in [5.41, 5.74) is 0.632. The largest absolute Gasteiger partial charge is 0.345 e. The molecule has 3 rings (SSSR count). The topological polar surface area (TPSA) is 92.7 Å². The number of carbonyl (C=O) groups excluding carboxylic acids is 1. The molecule has 3 aromatic rings. The number of benzene rings is 1. The molecule has 0 atom stereocenters. The van der Waals surface area contributed by atoms with E-state index in [1.807, 2.05) is 13.1 Å². The van der Waals surface area contributed by atoms with Crippen molar-refractivity contribution >= 4 is 16.7 Å². The van der Waals surface area contributed by atoms with Crippen LogP contribution in [0.3, 0.4) is 0 Å². The van der Waals surface area contributed by atoms with Gasteiger partial charge in [0.1, 0.15) is 0 Å². The zero-order valence-corrected chi connectivity index (χ0v) is 11.3. The van der Waals surface area contributed by atoms with E-state index in [2.05, 4.69) is 20.6 Å². The third-order valence-electron chi connectivity index (χ3n) is 3.11. The van der Waals surface area contributed by atoms with Crippen LogP contribution in [0.2, 0.25) is 0 Å². The molecule has 0 spiro atoms. The highest BCUT2D eigenvalue weighted by Crippen LogP contribution is 2.12. The number of hydrogen-bond acceptors (Lipinski definition) is 4. The summed E-state index contributed by atoms with van der Waals surface area (Å²) in [5, 5.41) is 14.1. The van der Waals surface area contributed by atoms with E-state index >= 15 is 0 Å². The molecule has 1 aromatic carbocycles. The monoisotopic (exact) mass is 283 g/mol. The number of hydrogen-bond donors (Lipinski definition) is 2. The van der Waals surface area contributed by atoms with E-state index in [9.17, 15) is 9.59 Å². The molecule has 7 nitrogen and oxygen atoms in total. The summed E-state index contributed by atoms with van der Waals surface area (Å²) in [5.74, 6) is -0.354. The second-order valence-electron chi connectivity index (χ2n) is 4.61. The minimum Gasteiger partial charge on any atom is -0.345 e. The highest BCUT2D eigenvalue weighted by atomic mass is 16.2. The molecule has 0 aliphatic heterocycles. The summed E-state index contributed by atoms with van der Waals surface area (Å²) in [6.45, 7) is 0.300. The van der Waals surface area contributed by atoms with Crippen LogP contribution < -0.4 is 10.9 Å². The lowest BCUT2D eigenvalue weighted by molar-refractivity contribution is 0.0946. The molecule has 21 heavy (non-hydrogen) atoms. The number of fused-ring (bicyclic) bond motifs is 1. The lowest BCUT2D eigenvalue weighted by Gasteiger charge is -2.05. The number of aromatic nitrogens is 4. The second kappa shape index (κ2) is 5.20. The maximum Gasteiger partial charge on any atom is 0.272 e. The van der Waals surface area contributed by atoms with Gasteiger partial charge < -0.3 is 5.32 Å². The zero-order valence-electron chi connectivity index (χ0n) is 11.3. The molecule has 106 valence electrons. The number of nitrogens with one attached hydrogen (secondary N) is 2. The van der Waals surface area contributed by atoms with E-state index in [-0.39, 0.29) is 17.2 Å². The maximum atomic E-state index is 12.2. The molecular weight excluding hydrogens is 270 g/mol. The summed E-state index contributed by atoms with van der Waals surface area (Å²) in [7, 11) is 1.81. The van der Waals surface area contributed by atoms with E-state index in [4.69, 9.17) is 0 Å². The Morgan fingerprint density at radius 3 is 2.76 bits per heavy atom. The number of aromatic amines is 1. The van der Waals surface area contributed by atoms with E-state index in [0.29, 0.717) is 17.3 Å². The first-order valence-electron chi connectivity index (χ1n) is 6.39. The fourth-order valence-electron chi connectivity index (χ4n) is 2.10. The molecule has 0 fully saturated rings. The van der Waals surface area contributed by atoms with Crippen molar-refractivity contribution in [1.82, 2.24) is 25.3 Å². The minimum absolute atomic E-state index is 0.195. The number of carbonyl (C=O) groups is 1. The van der Waals surface area contributed by atoms with E-state index in [0.717, 1.165) is 5.69 Å². The van der Waals surface area contributed by atoms with Gasteiger partial charge in [0, 0.05) is 18.6 Å². The number of nitrogens with zero attached hydrogens (tertiary/aromatic N) is 3. The first-order chi connectivity index (χ1) is 10.1. The van der Waals surface area contributed by atoms with Crippen molar-refractivity contribution in [3.63, 3.8) is 0 Å². The van der Waals surface area contributed by atoms with E-state index in [1.165, 1.54) is 0 Å². The van der Waals surface area contributed by atoms with Gasteiger partial charge >= 0.3 is 0 Å². The van der Waals surface area contributed by atoms with Crippen LogP contribution in [-0.4, -0.2) is 25.9 Å². The van der Waals surface area contributed by atoms with Crippen molar-refractivity contribution in [3.05, 3.63) is 58.3 Å². The highest BCUT2D eigenvalue weighted by molar-refractivity contribution is 6.04. The number of H-pyrrole nitrogens is 1. The smallest absolute Gasteiger partial charge is 0.272 e. The first-order valence-corrected chi connectivity index (χ1v) is 6.39. The van der Waals surface area contributed by atoms with Gasteiger partial charge in [-0.15, -0.1) is 0 Å². The molecule has 1 amide bonds. The van der Waals surface area contributed by atoms with Gasteiger partial charge in [0.15, 0.2) is 5.69 Å². The Hall–Kier alpha value is -2.96. The van der Waals surface area contributed by atoms with Gasteiger partial charge in [-0.05, 0) is 12.1 Å². The molecule has 7 heteroatoms. The van der Waals surface area contributed by atoms with Gasteiger partial charge in [-0.1, -0.05) is 18.2 Å². The normalized spacial score (nSPS) is 10.7. The average molecular weight is 283 g/mol. The molecule has 0 saturated carbocycles. The van der Waals surface area contributed by atoms with Crippen molar-refractivity contribution < 1.29 is 4.79 Å². The Bertz CT molecular complexity index is 865. The minimum atomic E-state index is -0.354. The van der Waals surface area contributed by atoms with Crippen LogP contribution in [0.5, 0.6) is 0 Å². The molecule has 2 N–H and O–H groups in total. The van der Waals surface area contributed by atoms with Crippen LogP contribution in [0, 0.1) is 0 Å². The van der Waals surface area contributed by atoms with Gasteiger partial charge in [-0.3, -0.25) is 14.3 Å². The highest BCUT2D eigenvalue weighted by Gasteiger charge is 2.13. The Labute approximate surface area is 119 Å². The van der Waals surface area contributed by atoms with Crippen LogP contribution in [0.4, 0.5) is 0 Å². The summed E-state index contributed by atoms with van der Waals surface area (Å²) in [6, 6.07) is 8.68. The number of rotatable bonds is 3. The lowest BCUT2D eigenvalue weighted by Crippen LogP contribution is -2.26. The molecular formula is C14H13N5O2. The standard InChI is InChI=1S/C14H13N5O2/c1-19-7-6-9(18-19)8-15-14(21)12-10-4-2-3-5-11(10)13(20)17-16-12/h2-7H,8H2,1H3,(H,15,21)(H,17,20). The van der Waals surface area contributed by atoms with Crippen LogP contribution >= 0.6 is 0 Å². The van der Waals surface area contributed by atoms with Gasteiger partial charge in [0.25, 0.3) is 11.5 Å². The van der Waals surface area contributed by atoms with Crippen LogP contribution in [0.1, 0.15) is 16.2 Å². The average Bonchev–Trinajstić information content (AvgIpc) is 2.91. The Morgan fingerprint density at radius 2 is 2.05 bits per heavy atom. The third kappa shape index (κ3) is 2.53. The Kier molecular flexibility index (Phi) is 3.23. The Morgan fingerprint density at radius 1 is 1.29 bits per heavy atom. The summed E-state index contributed by atoms with van der Waals surface area (Å²) in [6.07, 6.45) is 1.80. The summed E-state index contributed by atoms with van der Waals surface area (Å²) < 4.78 is 1.66. The zero-order chi connectivity index (χ0) is 14.8. The maximum absolute atomic E-state index is 12.2. The van der Waals surface area contributed by atoms with Crippen molar-refractivity contribution in [3.8, 4) is 0 Å². The number of amides is 1. The van der Waals surface area contributed by atoms with Crippen LogP contribution in [-0.2, 0) is 13.6 Å². The Balaban J connectivity index is 1.88. The number of aryl methyl sites for hydroxylation is 1. The fourth-order valence-corrected chi connectivity index (χ4v) is 2.10. The molecule has 0 saturated heterocycles. The molecule has 2 heterocycles. The molecule has 0 aliphatic rings. The predicted molar refractivity (Wildman–Crippen MR) is 76.7 cm³/mol. The quantitative estimate of drug-likeness (QED) is 0.735. The van der Waals surface area contributed by atoms with Crippen LogP contribution in [0.25, 0.3) is 10.8 Å². The summed E-state index contributed by atoms with van der Waals surface area (Å²) >= 11 is 0. The first kappa shape index (κ1) is 13.0. The summed E-state index contributed by atoms with van der Waals surface area (Å²) in [4.78, 5) is 23.9. The fraction of sp³-hybridized carbons (Fsp3) is 0.143. The third-order valence-corrected chi connectivity index (χ3v) is 3.11. The molecule has 0 aliphatic carbocycles.